The van der Waals surface area contributed by atoms with Gasteiger partial charge in [0, 0.05) is 22.7 Å². The van der Waals surface area contributed by atoms with E-state index in [9.17, 15) is 18.8 Å². The number of aromatic nitrogens is 2. The van der Waals surface area contributed by atoms with Crippen molar-refractivity contribution in [2.24, 2.45) is 11.8 Å². The smallest absolute Gasteiger partial charge is 0.408 e. The van der Waals surface area contributed by atoms with Crippen LogP contribution < -0.4 is 5.32 Å². The molecular weight excluding hydrogens is 643 g/mol. The third-order valence-electron chi connectivity index (χ3n) is 9.13. The first-order valence-electron chi connectivity index (χ1n) is 15.7. The molecule has 238 valence electrons. The number of rotatable bonds is 8. The summed E-state index contributed by atoms with van der Waals surface area (Å²) in [7, 11) is 0. The topological polar surface area (TPSA) is 114 Å². The van der Waals surface area contributed by atoms with Gasteiger partial charge in [0.25, 0.3) is 0 Å². The molecule has 1 saturated carbocycles. The summed E-state index contributed by atoms with van der Waals surface area (Å²) >= 11 is 3.46. The molecule has 2 aromatic carbocycles. The fraction of sp³-hybridized carbons (Fsp3) is 0.471. The van der Waals surface area contributed by atoms with Crippen LogP contribution in [0.1, 0.15) is 68.9 Å². The largest absolute Gasteiger partial charge is 0.460 e. The van der Waals surface area contributed by atoms with E-state index in [0.717, 1.165) is 47.0 Å². The standard InChI is InChI=1S/C34H38BrFN4O5/c1-19(2)30(39-34(43)45-24-7-3-4-8-24)32(41)40-18-25(44-33(42)22-14-21-6-5-9-27(36)26(21)15-22)16-29(40)31-37-17-28(38-31)20-10-12-23(35)13-11-20/h5-6,9-13,17,19,22,24-25,29-30H,3-4,7-8,14-16,18H2,1-2H3,(H,37,38)(H,39,43)/t22?,25-,29+,30+/m1/s1. The number of likely N-dealkylation sites (tertiary alicyclic amines) is 1. The number of fused-ring (bicyclic) bond motifs is 1. The van der Waals surface area contributed by atoms with Crippen LogP contribution in [-0.2, 0) is 31.9 Å². The number of esters is 1. The van der Waals surface area contributed by atoms with Gasteiger partial charge in [-0.05, 0) is 73.8 Å². The minimum atomic E-state index is -0.843. The number of amides is 2. The maximum absolute atomic E-state index is 14.4. The van der Waals surface area contributed by atoms with Crippen LogP contribution in [0.15, 0.2) is 53.1 Å². The molecule has 0 bridgehead atoms. The van der Waals surface area contributed by atoms with E-state index in [-0.39, 0.29) is 36.7 Å². The van der Waals surface area contributed by atoms with E-state index in [4.69, 9.17) is 14.5 Å². The van der Waals surface area contributed by atoms with Crippen LogP contribution in [0.4, 0.5) is 9.18 Å². The molecule has 2 N–H and O–H groups in total. The van der Waals surface area contributed by atoms with Crippen LogP contribution in [0.3, 0.4) is 0 Å². The Bertz CT molecular complexity index is 1550. The maximum Gasteiger partial charge on any atom is 0.408 e. The Kier molecular flexibility index (Phi) is 9.26. The van der Waals surface area contributed by atoms with Crippen LogP contribution in [-0.4, -0.2) is 57.6 Å². The van der Waals surface area contributed by atoms with Gasteiger partial charge in [-0.1, -0.05) is 54.0 Å². The molecule has 2 aliphatic carbocycles. The third kappa shape index (κ3) is 6.93. The van der Waals surface area contributed by atoms with Crippen molar-refractivity contribution in [2.75, 3.05) is 6.54 Å². The summed E-state index contributed by atoms with van der Waals surface area (Å²) in [5.74, 6) is -1.16. The zero-order valence-electron chi connectivity index (χ0n) is 25.4. The average molecular weight is 682 g/mol. The Hall–Kier alpha value is -3.73. The van der Waals surface area contributed by atoms with Gasteiger partial charge in [-0.15, -0.1) is 0 Å². The van der Waals surface area contributed by atoms with Gasteiger partial charge in [0.2, 0.25) is 5.91 Å². The van der Waals surface area contributed by atoms with E-state index in [1.54, 1.807) is 17.2 Å². The maximum atomic E-state index is 14.4. The highest BCUT2D eigenvalue weighted by Gasteiger charge is 2.44. The number of nitrogens with zero attached hydrogens (tertiary/aromatic N) is 2. The SMILES string of the molecule is CC(C)[C@H](NC(=O)OC1CCCC1)C(=O)N1C[C@H](OC(=O)C2Cc3cccc(F)c3C2)C[C@H]1c1nc(-c2ccc(Br)cc2)c[nH]1. The number of benzene rings is 2. The molecule has 2 fully saturated rings. The van der Waals surface area contributed by atoms with Crippen molar-refractivity contribution < 1.29 is 28.2 Å². The minimum absolute atomic E-state index is 0.133. The second kappa shape index (κ2) is 13.3. The highest BCUT2D eigenvalue weighted by molar-refractivity contribution is 9.10. The molecule has 4 atom stereocenters. The van der Waals surface area contributed by atoms with E-state index in [2.05, 4.69) is 26.2 Å². The van der Waals surface area contributed by atoms with Crippen LogP contribution in [0.25, 0.3) is 11.3 Å². The molecule has 45 heavy (non-hydrogen) atoms. The normalized spacial score (nSPS) is 22.0. The molecule has 3 aliphatic rings. The Morgan fingerprint density at radius 3 is 2.51 bits per heavy atom. The van der Waals surface area contributed by atoms with Crippen LogP contribution in [0, 0.1) is 17.7 Å². The second-order valence-electron chi connectivity index (χ2n) is 12.6. The van der Waals surface area contributed by atoms with E-state index in [0.29, 0.717) is 24.2 Å². The van der Waals surface area contributed by atoms with Gasteiger partial charge in [0.15, 0.2) is 0 Å². The fourth-order valence-electron chi connectivity index (χ4n) is 6.71. The summed E-state index contributed by atoms with van der Waals surface area (Å²) in [5.41, 5.74) is 3.01. The summed E-state index contributed by atoms with van der Waals surface area (Å²) in [6.45, 7) is 3.88. The second-order valence-corrected chi connectivity index (χ2v) is 13.6. The molecule has 1 saturated heterocycles. The Morgan fingerprint density at radius 2 is 1.80 bits per heavy atom. The van der Waals surface area contributed by atoms with Gasteiger partial charge in [-0.3, -0.25) is 9.59 Å². The molecule has 0 radical (unpaired) electrons. The van der Waals surface area contributed by atoms with Gasteiger partial charge in [-0.2, -0.15) is 0 Å². The predicted molar refractivity (Wildman–Crippen MR) is 168 cm³/mol. The van der Waals surface area contributed by atoms with Gasteiger partial charge in [0.05, 0.1) is 24.2 Å². The van der Waals surface area contributed by atoms with E-state index < -0.39 is 36.2 Å². The number of H-pyrrole nitrogens is 1. The number of aromatic amines is 1. The molecule has 0 spiro atoms. The first-order chi connectivity index (χ1) is 21.7. The minimum Gasteiger partial charge on any atom is -0.460 e. The number of hydrogen-bond donors (Lipinski definition) is 2. The number of imidazole rings is 1. The van der Waals surface area contributed by atoms with Gasteiger partial charge in [0.1, 0.15) is 29.9 Å². The molecule has 1 aliphatic heterocycles. The monoisotopic (exact) mass is 680 g/mol. The third-order valence-corrected chi connectivity index (χ3v) is 9.66. The summed E-state index contributed by atoms with van der Waals surface area (Å²) in [6, 6.07) is 11.3. The van der Waals surface area contributed by atoms with Gasteiger partial charge < -0.3 is 24.7 Å². The molecule has 9 nitrogen and oxygen atoms in total. The van der Waals surface area contributed by atoms with Crippen molar-refractivity contribution in [3.63, 3.8) is 0 Å². The predicted octanol–water partition coefficient (Wildman–Crippen LogP) is 6.27. The number of carbonyl (C=O) groups excluding carboxylic acids is 3. The molecule has 1 unspecified atom stereocenters. The number of hydrogen-bond acceptors (Lipinski definition) is 6. The van der Waals surface area contributed by atoms with Crippen molar-refractivity contribution in [2.45, 2.75) is 83.1 Å². The Morgan fingerprint density at radius 1 is 1.04 bits per heavy atom. The lowest BCUT2D eigenvalue weighted by Gasteiger charge is -2.30. The van der Waals surface area contributed by atoms with Crippen molar-refractivity contribution in [1.29, 1.82) is 0 Å². The van der Waals surface area contributed by atoms with Crippen molar-refractivity contribution in [3.05, 3.63) is 75.9 Å². The number of alkyl carbamates (subject to hydrolysis) is 1. The zero-order chi connectivity index (χ0) is 31.7. The molecule has 6 rings (SSSR count). The van der Waals surface area contributed by atoms with Crippen LogP contribution in [0.5, 0.6) is 0 Å². The molecule has 2 amide bonds. The average Bonchev–Trinajstić information content (AvgIpc) is 3.82. The molecule has 3 aromatic rings. The molecular formula is C34H38BrFN4O5. The van der Waals surface area contributed by atoms with Crippen LogP contribution >= 0.6 is 15.9 Å². The fourth-order valence-corrected chi connectivity index (χ4v) is 6.97. The lowest BCUT2D eigenvalue weighted by molar-refractivity contribution is -0.153. The quantitative estimate of drug-likeness (QED) is 0.271. The highest BCUT2D eigenvalue weighted by Crippen LogP contribution is 2.36. The summed E-state index contributed by atoms with van der Waals surface area (Å²) in [6.07, 6.45) is 5.19. The van der Waals surface area contributed by atoms with E-state index in [1.165, 1.54) is 6.07 Å². The first-order valence-corrected chi connectivity index (χ1v) is 16.5. The lowest BCUT2D eigenvalue weighted by Crippen LogP contribution is -2.52. The highest BCUT2D eigenvalue weighted by atomic mass is 79.9. The number of halogens is 2. The first kappa shape index (κ1) is 31.3. The molecule has 1 aromatic heterocycles. The Labute approximate surface area is 270 Å². The van der Waals surface area contributed by atoms with Gasteiger partial charge >= 0.3 is 12.1 Å². The Balaban J connectivity index is 1.21. The van der Waals surface area contributed by atoms with Crippen molar-refractivity contribution in [1.82, 2.24) is 20.2 Å². The lowest BCUT2D eigenvalue weighted by atomic mass is 10.0. The summed E-state index contributed by atoms with van der Waals surface area (Å²) in [5, 5.41) is 2.81. The number of carbonyl (C=O) groups is 3. The molecule has 2 heterocycles. The summed E-state index contributed by atoms with van der Waals surface area (Å²) < 4.78 is 26.9. The number of ether oxygens (including phenoxy) is 2. The molecule has 11 heteroatoms. The number of nitrogens with one attached hydrogen (secondary N) is 2. The zero-order valence-corrected chi connectivity index (χ0v) is 27.0. The van der Waals surface area contributed by atoms with Crippen molar-refractivity contribution in [3.8, 4) is 11.3 Å². The van der Waals surface area contributed by atoms with Crippen LogP contribution in [0.2, 0.25) is 0 Å². The van der Waals surface area contributed by atoms with Crippen molar-refractivity contribution >= 4 is 33.9 Å². The summed E-state index contributed by atoms with van der Waals surface area (Å²) in [4.78, 5) is 50.0. The van der Waals surface area contributed by atoms with E-state index in [1.807, 2.05) is 44.2 Å². The van der Waals surface area contributed by atoms with E-state index >= 15 is 0 Å². The van der Waals surface area contributed by atoms with Gasteiger partial charge in [-0.25, -0.2) is 14.2 Å².